The molecule has 1 aromatic rings. The third kappa shape index (κ3) is 5.05. The highest BCUT2D eigenvalue weighted by Gasteiger charge is 2.31. The molecule has 1 aromatic carbocycles. The van der Waals surface area contributed by atoms with Crippen LogP contribution >= 0.6 is 0 Å². The standard InChI is InChI=1S/C20H29N3O3/c1-26-14-19(24)21-16-8-10-17(11-9-16)22-20(25)15-5-4-12-23(13-15)18-6-2-3-7-18/h8-11,15,18H,2-7,12-14H2,1H3,(H,21,24)(H,22,25). The molecule has 6 nitrogen and oxygen atoms in total. The van der Waals surface area contributed by atoms with Crippen molar-refractivity contribution in [2.75, 3.05) is 37.4 Å². The van der Waals surface area contributed by atoms with Crippen LogP contribution in [0.1, 0.15) is 38.5 Å². The van der Waals surface area contributed by atoms with Crippen LogP contribution in [0.4, 0.5) is 11.4 Å². The van der Waals surface area contributed by atoms with E-state index in [1.807, 2.05) is 12.1 Å². The number of ether oxygens (including phenoxy) is 1. The van der Waals surface area contributed by atoms with Gasteiger partial charge in [0.25, 0.3) is 0 Å². The van der Waals surface area contributed by atoms with Crippen molar-refractivity contribution in [3.05, 3.63) is 24.3 Å². The zero-order valence-electron chi connectivity index (χ0n) is 15.5. The van der Waals surface area contributed by atoms with Crippen molar-refractivity contribution in [1.29, 1.82) is 0 Å². The number of nitrogens with one attached hydrogen (secondary N) is 2. The lowest BCUT2D eigenvalue weighted by molar-refractivity contribution is -0.122. The fourth-order valence-corrected chi connectivity index (χ4v) is 4.03. The van der Waals surface area contributed by atoms with Gasteiger partial charge in [0.05, 0.1) is 5.92 Å². The molecule has 1 saturated heterocycles. The van der Waals surface area contributed by atoms with Crippen molar-refractivity contribution >= 4 is 23.2 Å². The van der Waals surface area contributed by atoms with Crippen LogP contribution in [0.25, 0.3) is 0 Å². The number of nitrogens with zero attached hydrogens (tertiary/aromatic N) is 1. The van der Waals surface area contributed by atoms with Gasteiger partial charge in [-0.1, -0.05) is 12.8 Å². The van der Waals surface area contributed by atoms with Gasteiger partial charge in [0, 0.05) is 31.1 Å². The second-order valence-corrected chi connectivity index (χ2v) is 7.32. The molecule has 3 rings (SSSR count). The SMILES string of the molecule is COCC(=O)Nc1ccc(NC(=O)C2CCCN(C3CCCC3)C2)cc1. The minimum atomic E-state index is -0.196. The van der Waals surface area contributed by atoms with Crippen molar-refractivity contribution in [2.45, 2.75) is 44.6 Å². The number of likely N-dealkylation sites (tertiary alicyclic amines) is 1. The number of rotatable bonds is 6. The fourth-order valence-electron chi connectivity index (χ4n) is 4.03. The zero-order chi connectivity index (χ0) is 18.4. The molecular formula is C20H29N3O3. The van der Waals surface area contributed by atoms with Crippen molar-refractivity contribution < 1.29 is 14.3 Å². The molecule has 6 heteroatoms. The lowest BCUT2D eigenvalue weighted by atomic mass is 9.95. The van der Waals surface area contributed by atoms with Gasteiger partial charge in [0.15, 0.2) is 0 Å². The lowest BCUT2D eigenvalue weighted by Gasteiger charge is -2.36. The summed E-state index contributed by atoms with van der Waals surface area (Å²) in [6.45, 7) is 2.03. The molecule has 2 N–H and O–H groups in total. The first-order chi connectivity index (χ1) is 12.7. The number of benzene rings is 1. The fraction of sp³-hybridized carbons (Fsp3) is 0.600. The van der Waals surface area contributed by atoms with Crippen LogP contribution in [0.15, 0.2) is 24.3 Å². The van der Waals surface area contributed by atoms with E-state index < -0.39 is 0 Å². The number of hydrogen-bond donors (Lipinski definition) is 2. The van der Waals surface area contributed by atoms with Gasteiger partial charge in [0.1, 0.15) is 6.61 Å². The van der Waals surface area contributed by atoms with Gasteiger partial charge in [-0.05, 0) is 56.5 Å². The molecule has 0 aromatic heterocycles. The molecule has 2 fully saturated rings. The number of amides is 2. The first-order valence-electron chi connectivity index (χ1n) is 9.59. The van der Waals surface area contributed by atoms with Gasteiger partial charge in [-0.2, -0.15) is 0 Å². The van der Waals surface area contributed by atoms with Crippen molar-refractivity contribution in [1.82, 2.24) is 4.90 Å². The lowest BCUT2D eigenvalue weighted by Crippen LogP contribution is -2.44. The van der Waals surface area contributed by atoms with Gasteiger partial charge in [-0.25, -0.2) is 0 Å². The summed E-state index contributed by atoms with van der Waals surface area (Å²) < 4.78 is 4.79. The van der Waals surface area contributed by atoms with Crippen molar-refractivity contribution in [3.8, 4) is 0 Å². The molecule has 1 saturated carbocycles. The molecule has 0 radical (unpaired) electrons. The third-order valence-electron chi connectivity index (χ3n) is 5.38. The molecule has 0 bridgehead atoms. The third-order valence-corrected chi connectivity index (χ3v) is 5.38. The first-order valence-corrected chi connectivity index (χ1v) is 9.59. The molecule has 2 aliphatic rings. The van der Waals surface area contributed by atoms with E-state index in [-0.39, 0.29) is 24.3 Å². The Balaban J connectivity index is 1.51. The largest absolute Gasteiger partial charge is 0.375 e. The molecule has 1 unspecified atom stereocenters. The predicted octanol–water partition coefficient (Wildman–Crippen LogP) is 2.86. The summed E-state index contributed by atoms with van der Waals surface area (Å²) in [5, 5.41) is 5.77. The molecule has 26 heavy (non-hydrogen) atoms. The predicted molar refractivity (Wildman–Crippen MR) is 102 cm³/mol. The maximum atomic E-state index is 12.7. The van der Waals surface area contributed by atoms with Crippen LogP contribution in [0.2, 0.25) is 0 Å². The Labute approximate surface area is 155 Å². The Hall–Kier alpha value is -1.92. The van der Waals surface area contributed by atoms with E-state index in [1.54, 1.807) is 12.1 Å². The Morgan fingerprint density at radius 1 is 1.04 bits per heavy atom. The van der Waals surface area contributed by atoms with E-state index >= 15 is 0 Å². The molecule has 2 amide bonds. The maximum absolute atomic E-state index is 12.7. The zero-order valence-corrected chi connectivity index (χ0v) is 15.5. The average Bonchev–Trinajstić information content (AvgIpc) is 3.18. The van der Waals surface area contributed by atoms with Gasteiger partial charge >= 0.3 is 0 Å². The van der Waals surface area contributed by atoms with Gasteiger partial charge in [-0.15, -0.1) is 0 Å². The number of carbonyl (C=O) groups is 2. The van der Waals surface area contributed by atoms with E-state index in [4.69, 9.17) is 4.74 Å². The molecular weight excluding hydrogens is 330 g/mol. The quantitative estimate of drug-likeness (QED) is 0.819. The monoisotopic (exact) mass is 359 g/mol. The molecule has 1 heterocycles. The van der Waals surface area contributed by atoms with Gasteiger partial charge < -0.3 is 15.4 Å². The summed E-state index contributed by atoms with van der Waals surface area (Å²) in [5.41, 5.74) is 1.45. The van der Waals surface area contributed by atoms with Crippen LogP contribution in [0.3, 0.4) is 0 Å². The number of anilines is 2. The highest BCUT2D eigenvalue weighted by molar-refractivity contribution is 5.94. The minimum Gasteiger partial charge on any atom is -0.375 e. The average molecular weight is 359 g/mol. The summed E-state index contributed by atoms with van der Waals surface area (Å²) in [4.78, 5) is 26.7. The first kappa shape index (κ1) is 18.9. The number of hydrogen-bond acceptors (Lipinski definition) is 4. The smallest absolute Gasteiger partial charge is 0.250 e. The van der Waals surface area contributed by atoms with Crippen LogP contribution < -0.4 is 10.6 Å². The van der Waals surface area contributed by atoms with E-state index in [9.17, 15) is 9.59 Å². The summed E-state index contributed by atoms with van der Waals surface area (Å²) in [7, 11) is 1.48. The second kappa shape index (κ2) is 9.14. The van der Waals surface area contributed by atoms with E-state index in [2.05, 4.69) is 15.5 Å². The highest BCUT2D eigenvalue weighted by Crippen LogP contribution is 2.28. The van der Waals surface area contributed by atoms with Crippen LogP contribution in [-0.4, -0.2) is 49.6 Å². The van der Waals surface area contributed by atoms with Crippen molar-refractivity contribution in [2.24, 2.45) is 5.92 Å². The Morgan fingerprint density at radius 3 is 2.35 bits per heavy atom. The molecule has 142 valence electrons. The maximum Gasteiger partial charge on any atom is 0.250 e. The van der Waals surface area contributed by atoms with E-state index in [1.165, 1.54) is 32.8 Å². The minimum absolute atomic E-state index is 0.0255. The van der Waals surface area contributed by atoms with Crippen LogP contribution in [-0.2, 0) is 14.3 Å². The summed E-state index contributed by atoms with van der Waals surface area (Å²) in [6, 6.07) is 7.89. The Kier molecular flexibility index (Phi) is 6.63. The number of piperidine rings is 1. The Morgan fingerprint density at radius 2 is 1.69 bits per heavy atom. The second-order valence-electron chi connectivity index (χ2n) is 7.32. The molecule has 1 atom stereocenters. The van der Waals surface area contributed by atoms with E-state index in [0.29, 0.717) is 11.7 Å². The summed E-state index contributed by atoms with van der Waals surface area (Å²) in [6.07, 6.45) is 7.27. The van der Waals surface area contributed by atoms with Gasteiger partial charge in [-0.3, -0.25) is 14.5 Å². The highest BCUT2D eigenvalue weighted by atomic mass is 16.5. The van der Waals surface area contributed by atoms with Crippen LogP contribution in [0.5, 0.6) is 0 Å². The topological polar surface area (TPSA) is 70.7 Å². The summed E-state index contributed by atoms with van der Waals surface area (Å²) >= 11 is 0. The molecule has 0 spiro atoms. The molecule has 1 aliphatic carbocycles. The van der Waals surface area contributed by atoms with Crippen molar-refractivity contribution in [3.63, 3.8) is 0 Å². The van der Waals surface area contributed by atoms with E-state index in [0.717, 1.165) is 31.6 Å². The number of methoxy groups -OCH3 is 1. The van der Waals surface area contributed by atoms with Crippen LogP contribution in [0, 0.1) is 5.92 Å². The van der Waals surface area contributed by atoms with Gasteiger partial charge in [0.2, 0.25) is 11.8 Å². The number of carbonyl (C=O) groups excluding carboxylic acids is 2. The summed E-state index contributed by atoms with van der Waals surface area (Å²) in [5.74, 6) is -0.0345. The Bertz CT molecular complexity index is 611. The normalized spacial score (nSPS) is 21.5. The molecule has 1 aliphatic heterocycles.